The Labute approximate surface area is 130 Å². The SMILES string of the molecule is CC(=O)c1c([N+](=O)[O-])ccc([NH-])c1Br.[Ac]. The topological polar surface area (TPSA) is 84.0 Å². The maximum atomic E-state index is 11.1. The Hall–Kier alpha value is 0.0116. The van der Waals surface area contributed by atoms with Crippen molar-refractivity contribution in [2.75, 3.05) is 0 Å². The zero-order chi connectivity index (χ0) is 10.9. The average Bonchev–Trinajstić information content (AvgIpc) is 2.08. The van der Waals surface area contributed by atoms with Gasteiger partial charge in [-0.05, 0) is 6.92 Å². The molecule has 0 bridgehead atoms. The number of rotatable bonds is 2. The van der Waals surface area contributed by atoms with Crippen LogP contribution < -0.4 is 0 Å². The van der Waals surface area contributed by atoms with Gasteiger partial charge in [-0.3, -0.25) is 14.9 Å². The molecule has 77 valence electrons. The van der Waals surface area contributed by atoms with Crippen molar-refractivity contribution in [3.8, 4) is 0 Å². The van der Waals surface area contributed by atoms with Gasteiger partial charge in [0.2, 0.25) is 0 Å². The predicted molar refractivity (Wildman–Crippen MR) is 54.8 cm³/mol. The van der Waals surface area contributed by atoms with Gasteiger partial charge in [-0.1, -0.05) is 22.0 Å². The molecule has 1 radical (unpaired) electrons. The van der Waals surface area contributed by atoms with Crippen LogP contribution in [0.3, 0.4) is 0 Å². The van der Waals surface area contributed by atoms with Gasteiger partial charge < -0.3 is 5.73 Å². The minimum absolute atomic E-state index is 0. The number of carbonyl (C=O) groups excluding carboxylic acids is 1. The molecule has 0 spiro atoms. The van der Waals surface area contributed by atoms with E-state index in [1.165, 1.54) is 13.0 Å². The summed E-state index contributed by atoms with van der Waals surface area (Å²) in [5.41, 5.74) is 7.10. The smallest absolute Gasteiger partial charge is 0.281 e. The van der Waals surface area contributed by atoms with Crippen molar-refractivity contribution in [1.82, 2.24) is 0 Å². The molecular weight excluding hydrogens is 479 g/mol. The fourth-order valence-corrected chi connectivity index (χ4v) is 1.67. The van der Waals surface area contributed by atoms with Crippen LogP contribution in [-0.4, -0.2) is 10.7 Å². The molecule has 0 heterocycles. The molecule has 0 atom stereocenters. The number of nitrogens with zero attached hydrogens (tertiary/aromatic N) is 1. The Kier molecular flexibility index (Phi) is 5.93. The number of benzene rings is 1. The summed E-state index contributed by atoms with van der Waals surface area (Å²) >= 11 is 2.99. The van der Waals surface area contributed by atoms with Gasteiger partial charge in [-0.25, -0.2) is 0 Å². The maximum absolute atomic E-state index is 11.1. The van der Waals surface area contributed by atoms with Gasteiger partial charge in [0.05, 0.1) is 4.92 Å². The van der Waals surface area contributed by atoms with Crippen molar-refractivity contribution in [2.45, 2.75) is 6.92 Å². The molecule has 0 aliphatic carbocycles. The minimum Gasteiger partial charge on any atom is -0.698 e. The third-order valence-corrected chi connectivity index (χ3v) is 2.49. The minimum atomic E-state index is -0.638. The fraction of sp³-hybridized carbons (Fsp3) is 0.125. The Bertz CT molecular complexity index is 423. The zero-order valence-electron chi connectivity index (χ0n) is 7.78. The van der Waals surface area contributed by atoms with Crippen molar-refractivity contribution in [3.63, 3.8) is 0 Å². The first kappa shape index (κ1) is 15.0. The summed E-state index contributed by atoms with van der Waals surface area (Å²) in [6.07, 6.45) is 0. The molecule has 0 fully saturated rings. The number of nitro groups is 1. The Morgan fingerprint density at radius 1 is 1.53 bits per heavy atom. The fourth-order valence-electron chi connectivity index (χ4n) is 1.05. The molecule has 0 amide bonds. The molecule has 1 aromatic carbocycles. The Balaban J connectivity index is 0.00000196. The third-order valence-electron chi connectivity index (χ3n) is 1.67. The van der Waals surface area contributed by atoms with E-state index in [1.54, 1.807) is 0 Å². The standard InChI is InChI=1S/C8H6BrN2O3.Ac/c1-4(12)7-6(11(13)14)3-2-5(10)8(7)9;/h2-3,10H,1H3;/q-1;. The first-order chi connectivity index (χ1) is 6.45. The van der Waals surface area contributed by atoms with E-state index in [1.807, 2.05) is 0 Å². The van der Waals surface area contributed by atoms with Crippen molar-refractivity contribution in [3.05, 3.63) is 38.0 Å². The van der Waals surface area contributed by atoms with Crippen molar-refractivity contribution in [1.29, 1.82) is 0 Å². The van der Waals surface area contributed by atoms with Crippen molar-refractivity contribution >= 4 is 33.1 Å². The third kappa shape index (κ3) is 3.23. The zero-order valence-corrected chi connectivity index (χ0v) is 14.1. The van der Waals surface area contributed by atoms with Gasteiger partial charge in [0.25, 0.3) is 5.69 Å². The van der Waals surface area contributed by atoms with Crippen molar-refractivity contribution in [2.24, 2.45) is 0 Å². The average molecular weight is 485 g/mol. The molecule has 1 aromatic rings. The first-order valence-electron chi connectivity index (χ1n) is 3.64. The van der Waals surface area contributed by atoms with Gasteiger partial charge in [0.15, 0.2) is 5.78 Å². The van der Waals surface area contributed by atoms with Gasteiger partial charge in [0.1, 0.15) is 5.56 Å². The van der Waals surface area contributed by atoms with Gasteiger partial charge in [0, 0.05) is 54.6 Å². The molecule has 0 aromatic heterocycles. The van der Waals surface area contributed by atoms with E-state index in [0.717, 1.165) is 6.07 Å². The molecule has 1 rings (SSSR count). The van der Waals surface area contributed by atoms with Crippen LogP contribution in [0.1, 0.15) is 17.3 Å². The van der Waals surface area contributed by atoms with Crippen LogP contribution in [0.5, 0.6) is 0 Å². The number of hydrogen-bond donors (Lipinski definition) is 0. The van der Waals surface area contributed by atoms with Crippen LogP contribution in [-0.2, 0) is 0 Å². The number of carbonyl (C=O) groups is 1. The van der Waals surface area contributed by atoms with E-state index in [9.17, 15) is 14.9 Å². The molecule has 1 N–H and O–H groups in total. The van der Waals surface area contributed by atoms with Crippen LogP contribution >= 0.6 is 15.9 Å². The van der Waals surface area contributed by atoms with Gasteiger partial charge >= 0.3 is 0 Å². The number of nitro benzene ring substituents is 1. The second-order valence-corrected chi connectivity index (χ2v) is 3.43. The number of halogens is 1. The van der Waals surface area contributed by atoms with E-state index in [0.29, 0.717) is 0 Å². The number of Topliss-reactive ketones (excluding diaryl/α,β-unsaturated/α-hetero) is 1. The van der Waals surface area contributed by atoms with Crippen molar-refractivity contribution < 1.29 is 53.8 Å². The van der Waals surface area contributed by atoms with E-state index < -0.39 is 10.7 Å². The van der Waals surface area contributed by atoms with Crippen LogP contribution in [0.25, 0.3) is 5.73 Å². The molecule has 0 saturated carbocycles. The number of ketones is 1. The summed E-state index contributed by atoms with van der Waals surface area (Å²) in [6.45, 7) is 1.23. The largest absolute Gasteiger partial charge is 0.698 e. The van der Waals surface area contributed by atoms with E-state index >= 15 is 0 Å². The molecule has 0 saturated heterocycles. The summed E-state index contributed by atoms with van der Waals surface area (Å²) in [5, 5.41) is 10.6. The van der Waals surface area contributed by atoms with Crippen LogP contribution in [0, 0.1) is 54.2 Å². The van der Waals surface area contributed by atoms with Gasteiger partial charge in [-0.2, -0.15) is 0 Å². The number of hydrogen-bond acceptors (Lipinski definition) is 3. The molecule has 0 aliphatic heterocycles. The summed E-state index contributed by atoms with van der Waals surface area (Å²) in [6, 6.07) is 2.43. The predicted octanol–water partition coefficient (Wildman–Crippen LogP) is 3.24. The normalized spacial score (nSPS) is 9.20. The Morgan fingerprint density at radius 3 is 2.47 bits per heavy atom. The maximum Gasteiger partial charge on any atom is 0.281 e. The van der Waals surface area contributed by atoms with Crippen LogP contribution in [0.4, 0.5) is 11.4 Å². The first-order valence-corrected chi connectivity index (χ1v) is 4.44. The molecule has 7 heteroatoms. The monoisotopic (exact) mass is 484 g/mol. The molecule has 5 nitrogen and oxygen atoms in total. The summed E-state index contributed by atoms with van der Waals surface area (Å²) in [5.74, 6) is -0.433. The molecule has 0 aliphatic rings. The Morgan fingerprint density at radius 2 is 2.07 bits per heavy atom. The van der Waals surface area contributed by atoms with Crippen LogP contribution in [0.2, 0.25) is 0 Å². The summed E-state index contributed by atoms with van der Waals surface area (Å²) < 4.78 is 0.166. The van der Waals surface area contributed by atoms with E-state index in [2.05, 4.69) is 15.9 Å². The summed E-state index contributed by atoms with van der Waals surface area (Å²) in [4.78, 5) is 21.0. The number of nitrogens with one attached hydrogen (secondary N) is 1. The van der Waals surface area contributed by atoms with Gasteiger partial charge in [-0.15, -0.1) is 5.69 Å². The summed E-state index contributed by atoms with van der Waals surface area (Å²) in [7, 11) is 0. The second kappa shape index (κ2) is 5.92. The van der Waals surface area contributed by atoms with E-state index in [4.69, 9.17) is 5.73 Å². The second-order valence-electron chi connectivity index (χ2n) is 2.63. The van der Waals surface area contributed by atoms with E-state index in [-0.39, 0.29) is 65.5 Å². The molecular formula is C8H6AcBrN2O3-. The molecule has 15 heavy (non-hydrogen) atoms. The quantitative estimate of drug-likeness (QED) is 0.367. The van der Waals surface area contributed by atoms with Crippen LogP contribution in [0.15, 0.2) is 16.6 Å². The molecule has 0 unspecified atom stereocenters.